The molecule has 6 heteroatoms. The van der Waals surface area contributed by atoms with Crippen LogP contribution in [0.15, 0.2) is 66.7 Å². The summed E-state index contributed by atoms with van der Waals surface area (Å²) in [6, 6.07) is 20.2. The molecule has 0 aromatic heterocycles. The lowest BCUT2D eigenvalue weighted by Gasteiger charge is -2.12. The highest BCUT2D eigenvalue weighted by Crippen LogP contribution is 2.36. The lowest BCUT2D eigenvalue weighted by atomic mass is 10.1. The predicted molar refractivity (Wildman–Crippen MR) is 110 cm³/mol. The van der Waals surface area contributed by atoms with Gasteiger partial charge in [0.15, 0.2) is 11.5 Å². The molecule has 0 heterocycles. The van der Waals surface area contributed by atoms with Crippen molar-refractivity contribution in [1.82, 2.24) is 0 Å². The number of rotatable bonds is 7. The second-order valence-electron chi connectivity index (χ2n) is 5.95. The zero-order valence-electron chi connectivity index (χ0n) is 15.6. The predicted octanol–water partition coefficient (Wildman–Crippen LogP) is 5.19. The van der Waals surface area contributed by atoms with E-state index in [-0.39, 0.29) is 5.91 Å². The van der Waals surface area contributed by atoms with Crippen molar-refractivity contribution >= 4 is 23.2 Å². The Morgan fingerprint density at radius 1 is 0.964 bits per heavy atom. The maximum Gasteiger partial charge on any atom is 0.255 e. The Balaban J connectivity index is 1.65. The van der Waals surface area contributed by atoms with Crippen LogP contribution in [0.1, 0.15) is 15.9 Å². The maximum absolute atomic E-state index is 12.5. The molecule has 3 rings (SSSR count). The van der Waals surface area contributed by atoms with E-state index in [4.69, 9.17) is 25.8 Å². The molecular formula is C22H20ClNO4. The minimum absolute atomic E-state index is 0.302. The molecule has 28 heavy (non-hydrogen) atoms. The van der Waals surface area contributed by atoms with Crippen molar-refractivity contribution in [3.05, 3.63) is 82.9 Å². The maximum atomic E-state index is 12.5. The van der Waals surface area contributed by atoms with Gasteiger partial charge in [0.25, 0.3) is 5.91 Å². The Morgan fingerprint density at radius 3 is 2.32 bits per heavy atom. The van der Waals surface area contributed by atoms with E-state index in [1.54, 1.807) is 30.3 Å². The van der Waals surface area contributed by atoms with Crippen LogP contribution in [0, 0.1) is 0 Å². The monoisotopic (exact) mass is 397 g/mol. The van der Waals surface area contributed by atoms with E-state index < -0.39 is 0 Å². The van der Waals surface area contributed by atoms with Crippen LogP contribution in [-0.4, -0.2) is 20.1 Å². The first-order valence-corrected chi connectivity index (χ1v) is 8.98. The minimum atomic E-state index is -0.305. The van der Waals surface area contributed by atoms with Crippen LogP contribution in [0.25, 0.3) is 0 Å². The van der Waals surface area contributed by atoms with Gasteiger partial charge < -0.3 is 19.5 Å². The summed E-state index contributed by atoms with van der Waals surface area (Å²) in [6.07, 6.45) is 0. The molecule has 0 radical (unpaired) electrons. The number of carbonyl (C=O) groups is 1. The van der Waals surface area contributed by atoms with Crippen LogP contribution in [0.4, 0.5) is 5.69 Å². The van der Waals surface area contributed by atoms with Gasteiger partial charge in [-0.3, -0.25) is 4.79 Å². The standard InChI is InChI=1S/C22H20ClNO4/c1-26-20-13-16(12-19(23)21(20)27-2)22(25)24-17-8-10-18(11-9-17)28-14-15-6-4-3-5-7-15/h3-13H,14H2,1-2H3,(H,24,25). The second kappa shape index (κ2) is 9.15. The summed E-state index contributed by atoms with van der Waals surface area (Å²) in [4.78, 5) is 12.5. The highest BCUT2D eigenvalue weighted by Gasteiger charge is 2.15. The zero-order chi connectivity index (χ0) is 19.9. The van der Waals surface area contributed by atoms with Crippen molar-refractivity contribution in [2.45, 2.75) is 6.61 Å². The number of nitrogens with one attached hydrogen (secondary N) is 1. The number of ether oxygens (including phenoxy) is 3. The minimum Gasteiger partial charge on any atom is -0.493 e. The quantitative estimate of drug-likeness (QED) is 0.596. The summed E-state index contributed by atoms with van der Waals surface area (Å²) in [7, 11) is 2.98. The first kappa shape index (κ1) is 19.6. The molecular weight excluding hydrogens is 378 g/mol. The van der Waals surface area contributed by atoms with Crippen molar-refractivity contribution in [1.29, 1.82) is 0 Å². The van der Waals surface area contributed by atoms with Gasteiger partial charge in [-0.15, -0.1) is 0 Å². The van der Waals surface area contributed by atoms with E-state index in [1.165, 1.54) is 20.3 Å². The van der Waals surface area contributed by atoms with Gasteiger partial charge in [-0.25, -0.2) is 0 Å². The summed E-state index contributed by atoms with van der Waals surface area (Å²) >= 11 is 6.17. The molecule has 1 amide bonds. The molecule has 0 aliphatic carbocycles. The Hall–Kier alpha value is -3.18. The Morgan fingerprint density at radius 2 is 1.68 bits per heavy atom. The van der Waals surface area contributed by atoms with Crippen LogP contribution in [0.2, 0.25) is 5.02 Å². The summed E-state index contributed by atoms with van der Waals surface area (Å²) < 4.78 is 16.2. The highest BCUT2D eigenvalue weighted by molar-refractivity contribution is 6.32. The SMILES string of the molecule is COc1cc(C(=O)Nc2ccc(OCc3ccccc3)cc2)cc(Cl)c1OC. The highest BCUT2D eigenvalue weighted by atomic mass is 35.5. The number of benzene rings is 3. The van der Waals surface area contributed by atoms with Crippen LogP contribution in [0.5, 0.6) is 17.2 Å². The van der Waals surface area contributed by atoms with Gasteiger partial charge in [0.05, 0.1) is 19.2 Å². The fraction of sp³-hybridized carbons (Fsp3) is 0.136. The zero-order valence-corrected chi connectivity index (χ0v) is 16.3. The molecule has 1 N–H and O–H groups in total. The first-order valence-electron chi connectivity index (χ1n) is 8.60. The van der Waals surface area contributed by atoms with Gasteiger partial charge in [-0.1, -0.05) is 41.9 Å². The fourth-order valence-electron chi connectivity index (χ4n) is 2.63. The molecule has 0 unspecified atom stereocenters. The third-order valence-electron chi connectivity index (χ3n) is 4.06. The average Bonchev–Trinajstić information content (AvgIpc) is 2.73. The molecule has 0 saturated carbocycles. The van der Waals surface area contributed by atoms with Gasteiger partial charge in [0.1, 0.15) is 12.4 Å². The van der Waals surface area contributed by atoms with Gasteiger partial charge >= 0.3 is 0 Å². The topological polar surface area (TPSA) is 56.8 Å². The fourth-order valence-corrected chi connectivity index (χ4v) is 2.92. The molecule has 3 aromatic rings. The summed E-state index contributed by atoms with van der Waals surface area (Å²) in [5, 5.41) is 3.13. The molecule has 0 spiro atoms. The van der Waals surface area contributed by atoms with Crippen molar-refractivity contribution < 1.29 is 19.0 Å². The Labute approximate surface area is 168 Å². The van der Waals surface area contributed by atoms with Crippen molar-refractivity contribution in [3.63, 3.8) is 0 Å². The Kier molecular flexibility index (Phi) is 6.40. The molecule has 0 atom stereocenters. The number of halogens is 1. The number of hydrogen-bond donors (Lipinski definition) is 1. The molecule has 0 aliphatic heterocycles. The van der Waals surface area contributed by atoms with E-state index in [0.717, 1.165) is 11.3 Å². The van der Waals surface area contributed by atoms with Crippen LogP contribution < -0.4 is 19.5 Å². The molecule has 0 bridgehead atoms. The third kappa shape index (κ3) is 4.75. The normalized spacial score (nSPS) is 10.2. The molecule has 5 nitrogen and oxygen atoms in total. The number of carbonyl (C=O) groups excluding carboxylic acids is 1. The van der Waals surface area contributed by atoms with Gasteiger partial charge in [0, 0.05) is 11.3 Å². The van der Waals surface area contributed by atoms with Crippen LogP contribution in [0.3, 0.4) is 0 Å². The van der Waals surface area contributed by atoms with E-state index in [1.807, 2.05) is 30.3 Å². The van der Waals surface area contributed by atoms with Gasteiger partial charge in [-0.05, 0) is 42.0 Å². The number of hydrogen-bond acceptors (Lipinski definition) is 4. The number of anilines is 1. The average molecular weight is 398 g/mol. The van der Waals surface area contributed by atoms with E-state index in [9.17, 15) is 4.79 Å². The van der Waals surface area contributed by atoms with Crippen LogP contribution in [-0.2, 0) is 6.61 Å². The van der Waals surface area contributed by atoms with Crippen molar-refractivity contribution in [2.75, 3.05) is 19.5 Å². The van der Waals surface area contributed by atoms with E-state index in [0.29, 0.717) is 34.4 Å². The Bertz CT molecular complexity index is 943. The van der Waals surface area contributed by atoms with Crippen molar-refractivity contribution in [2.24, 2.45) is 0 Å². The smallest absolute Gasteiger partial charge is 0.255 e. The molecule has 0 fully saturated rings. The lowest BCUT2D eigenvalue weighted by molar-refractivity contribution is 0.102. The molecule has 0 saturated heterocycles. The molecule has 0 aliphatic rings. The summed E-state index contributed by atoms with van der Waals surface area (Å²) in [5.74, 6) is 1.20. The first-order chi connectivity index (χ1) is 13.6. The largest absolute Gasteiger partial charge is 0.493 e. The van der Waals surface area contributed by atoms with Gasteiger partial charge in [0.2, 0.25) is 0 Å². The molecule has 3 aromatic carbocycles. The van der Waals surface area contributed by atoms with Crippen LogP contribution >= 0.6 is 11.6 Å². The van der Waals surface area contributed by atoms with E-state index >= 15 is 0 Å². The third-order valence-corrected chi connectivity index (χ3v) is 4.34. The van der Waals surface area contributed by atoms with Crippen molar-refractivity contribution in [3.8, 4) is 17.2 Å². The van der Waals surface area contributed by atoms with E-state index in [2.05, 4.69) is 5.32 Å². The second-order valence-corrected chi connectivity index (χ2v) is 6.35. The van der Waals surface area contributed by atoms with Gasteiger partial charge in [-0.2, -0.15) is 0 Å². The summed E-state index contributed by atoms with van der Waals surface area (Å²) in [5.41, 5.74) is 2.10. The number of amides is 1. The molecule has 144 valence electrons. The lowest BCUT2D eigenvalue weighted by Crippen LogP contribution is -2.12. The summed E-state index contributed by atoms with van der Waals surface area (Å²) in [6.45, 7) is 0.483. The number of methoxy groups -OCH3 is 2.